The van der Waals surface area contributed by atoms with Gasteiger partial charge >= 0.3 is 57.3 Å². The first-order valence-electron chi connectivity index (χ1n) is 12.9. The summed E-state index contributed by atoms with van der Waals surface area (Å²) in [6, 6.07) is 4.63. The van der Waals surface area contributed by atoms with Gasteiger partial charge in [-0.1, -0.05) is 32.0 Å². The number of nitrogens with one attached hydrogen (secondary N) is 3. The van der Waals surface area contributed by atoms with Crippen molar-refractivity contribution in [2.45, 2.75) is 76.4 Å². The second kappa shape index (κ2) is 15.8. The number of aromatic amines is 1. The fraction of sp³-hybridized carbons (Fsp3) is 0.565. The van der Waals surface area contributed by atoms with E-state index in [0.717, 1.165) is 10.9 Å². The first-order valence-corrected chi connectivity index (χ1v) is 22.4. The Hall–Kier alpha value is -0.350. The Morgan fingerprint density at radius 2 is 1.77 bits per heavy atom. The molecule has 8 N–H and O–H groups in total. The predicted octanol–water partition coefficient (Wildman–Crippen LogP) is -0.533. The molecule has 0 saturated carbocycles. The van der Waals surface area contributed by atoms with Gasteiger partial charge in [0.25, 0.3) is 0 Å². The number of ether oxygens (including phenoxy) is 1. The molecular weight excluding hydrogens is 555 g/mol. The predicted molar refractivity (Wildman–Crippen MR) is 143 cm³/mol. The third-order valence-electron chi connectivity index (χ3n) is 6.11. The number of rotatable bonds is 11. The molecule has 0 bridgehead atoms. The molecule has 39 heavy (non-hydrogen) atoms. The summed E-state index contributed by atoms with van der Waals surface area (Å²) in [5, 5.41) is 45.0. The number of aliphatic hydroxyl groups excluding tert-OH is 3. The molecule has 1 aromatic heterocycles. The van der Waals surface area contributed by atoms with Crippen LogP contribution >= 0.6 is 7.75 Å². The SMILES string of the molecule is CC(C)C[C@H](NP(=O)(O)O[C@H]1O[C@@H](C)[C@H](O)[C@@H](O)[C@H]1O)C(=O)N[C@@H](Cc1c[nH]c2ccccc12)C(=O)O.[Na][Na]. The van der Waals surface area contributed by atoms with E-state index in [2.05, 4.69) is 15.4 Å². The van der Waals surface area contributed by atoms with Gasteiger partial charge in [0.15, 0.2) is 6.29 Å². The molecule has 0 radical (unpaired) electrons. The van der Waals surface area contributed by atoms with Gasteiger partial charge in [-0.25, -0.2) is 14.4 Å². The van der Waals surface area contributed by atoms with Crippen molar-refractivity contribution in [3.8, 4) is 0 Å². The molecule has 1 aliphatic rings. The van der Waals surface area contributed by atoms with Gasteiger partial charge in [0.1, 0.15) is 24.4 Å². The monoisotopic (exact) mass is 589 g/mol. The molecule has 0 aliphatic carbocycles. The van der Waals surface area contributed by atoms with Crippen LogP contribution in [0.15, 0.2) is 30.5 Å². The number of aliphatic carboxylic acids is 1. The van der Waals surface area contributed by atoms with Crippen LogP contribution in [0.4, 0.5) is 0 Å². The molecule has 8 atom stereocenters. The number of hydrogen-bond acceptors (Lipinski definition) is 8. The van der Waals surface area contributed by atoms with E-state index in [1.54, 1.807) is 20.0 Å². The minimum atomic E-state index is -4.83. The van der Waals surface area contributed by atoms with Crippen LogP contribution in [0.5, 0.6) is 0 Å². The average molecular weight is 589 g/mol. The van der Waals surface area contributed by atoms with E-state index in [9.17, 15) is 39.5 Å². The van der Waals surface area contributed by atoms with Crippen LogP contribution in [0.2, 0.25) is 0 Å². The molecule has 1 unspecified atom stereocenters. The van der Waals surface area contributed by atoms with Gasteiger partial charge in [-0.15, -0.1) is 0 Å². The van der Waals surface area contributed by atoms with E-state index in [1.807, 2.05) is 24.3 Å². The van der Waals surface area contributed by atoms with E-state index >= 15 is 0 Å². The Bertz CT molecular complexity index is 1150. The Kier molecular flexibility index (Phi) is 14.1. The molecule has 3 rings (SSSR count). The maximum atomic E-state index is 13.1. The molecule has 1 aliphatic heterocycles. The summed E-state index contributed by atoms with van der Waals surface area (Å²) in [5.41, 5.74) is 1.48. The number of para-hydroxylation sites is 1. The van der Waals surface area contributed by atoms with Crippen LogP contribution in [-0.4, -0.2) is 129 Å². The van der Waals surface area contributed by atoms with Crippen molar-refractivity contribution >= 4 is 74.1 Å². The van der Waals surface area contributed by atoms with Crippen molar-refractivity contribution in [2.24, 2.45) is 5.92 Å². The zero-order valence-corrected chi connectivity index (χ0v) is 27.5. The minimum absolute atomic E-state index is 0.0347. The molecule has 2 heterocycles. The van der Waals surface area contributed by atoms with Crippen molar-refractivity contribution in [1.29, 1.82) is 0 Å². The number of carboxylic acid groups (broad SMARTS) is 1. The molecule has 1 aromatic carbocycles. The zero-order chi connectivity index (χ0) is 29.5. The van der Waals surface area contributed by atoms with Crippen LogP contribution in [0.25, 0.3) is 10.9 Å². The third-order valence-corrected chi connectivity index (χ3v) is 7.24. The van der Waals surface area contributed by atoms with Gasteiger partial charge in [0.05, 0.1) is 12.1 Å². The van der Waals surface area contributed by atoms with Crippen LogP contribution in [-0.2, 0) is 29.8 Å². The number of amides is 1. The number of carboxylic acids is 1. The summed E-state index contributed by atoms with van der Waals surface area (Å²) in [6.45, 7) is 4.90. The number of H-pyrrole nitrogens is 1. The number of benzene rings is 1. The molecule has 1 saturated heterocycles. The first-order chi connectivity index (χ1) is 18.3. The van der Waals surface area contributed by atoms with Gasteiger partial charge in [0, 0.05) is 23.5 Å². The number of fused-ring (bicyclic) bond motifs is 1. The number of hydrogen-bond donors (Lipinski definition) is 8. The standard InChI is InChI=1S/C23H34N3O10P.2Na/c1-11(2)8-16(26-37(33,34)36-23-20(29)19(28)18(27)12(3)35-23)21(30)25-17(22(31)32)9-13-10-24-15-7-5-4-6-14(13)15;;/h4-7,10-12,16-20,23-24,27-29H,8-9H2,1-3H3,(H,25,30)(H,31,32)(H2,26,33,34);;/t12-,16-,17-,18-,19+,20+,23+;;/m0../s1. The van der Waals surface area contributed by atoms with Crippen LogP contribution < -0.4 is 10.4 Å². The molecule has 1 fully saturated rings. The molecule has 2 aromatic rings. The Morgan fingerprint density at radius 3 is 2.38 bits per heavy atom. The summed E-state index contributed by atoms with van der Waals surface area (Å²) in [7, 11) is -4.83. The van der Waals surface area contributed by atoms with E-state index in [1.165, 1.54) is 50.5 Å². The Morgan fingerprint density at radius 1 is 1.13 bits per heavy atom. The van der Waals surface area contributed by atoms with Gasteiger partial charge in [0.2, 0.25) is 5.91 Å². The normalized spacial score (nSPS) is 26.3. The van der Waals surface area contributed by atoms with Crippen molar-refractivity contribution in [3.63, 3.8) is 0 Å². The zero-order valence-electron chi connectivity index (χ0n) is 22.6. The number of aromatic nitrogens is 1. The quantitative estimate of drug-likeness (QED) is 0.123. The number of carbonyl (C=O) groups is 2. The molecule has 208 valence electrons. The van der Waals surface area contributed by atoms with Crippen LogP contribution in [0, 0.1) is 5.92 Å². The fourth-order valence-corrected chi connectivity index (χ4v) is 5.28. The third kappa shape index (κ3) is 9.86. The topological polar surface area (TPSA) is 211 Å². The van der Waals surface area contributed by atoms with Crippen LogP contribution in [0.1, 0.15) is 32.8 Å². The molecule has 1 amide bonds. The van der Waals surface area contributed by atoms with E-state index in [4.69, 9.17) is 9.26 Å². The van der Waals surface area contributed by atoms with E-state index in [0.29, 0.717) is 5.56 Å². The van der Waals surface area contributed by atoms with Crippen molar-refractivity contribution in [2.75, 3.05) is 0 Å². The van der Waals surface area contributed by atoms with Gasteiger partial charge in [-0.05, 0) is 30.9 Å². The second-order valence-electron chi connectivity index (χ2n) is 9.58. The first kappa shape index (κ1) is 34.8. The summed E-state index contributed by atoms with van der Waals surface area (Å²) in [4.78, 5) is 38.5. The van der Waals surface area contributed by atoms with Gasteiger partial charge < -0.3 is 40.4 Å². The van der Waals surface area contributed by atoms with Crippen LogP contribution in [0.3, 0.4) is 0 Å². The van der Waals surface area contributed by atoms with Gasteiger partial charge in [-0.3, -0.25) is 9.32 Å². The maximum absolute atomic E-state index is 13.1. The second-order valence-corrected chi connectivity index (χ2v) is 11.1. The Balaban J connectivity index is 0.00000260. The Labute approximate surface area is 254 Å². The average Bonchev–Trinajstić information content (AvgIpc) is 3.28. The van der Waals surface area contributed by atoms with Gasteiger partial charge in [-0.2, -0.15) is 0 Å². The van der Waals surface area contributed by atoms with Crippen molar-refractivity contribution in [3.05, 3.63) is 36.0 Å². The summed E-state index contributed by atoms with van der Waals surface area (Å²) in [5.74, 6) is -2.27. The molecule has 0 spiro atoms. The fourth-order valence-electron chi connectivity index (χ4n) is 4.15. The number of carbonyl (C=O) groups excluding carboxylic acids is 1. The summed E-state index contributed by atoms with van der Waals surface area (Å²) < 4.78 is 23.0. The molecule has 13 nitrogen and oxygen atoms in total. The van der Waals surface area contributed by atoms with Crippen molar-refractivity contribution < 1.29 is 48.7 Å². The molecule has 16 heteroatoms. The summed E-state index contributed by atoms with van der Waals surface area (Å²) >= 11 is 2.89. The van der Waals surface area contributed by atoms with E-state index < -0.39 is 62.4 Å². The molecular formula is C23H34N3Na2O10P. The summed E-state index contributed by atoms with van der Waals surface area (Å²) in [6.07, 6.45) is -6.08. The van der Waals surface area contributed by atoms with E-state index in [-0.39, 0.29) is 18.8 Å². The van der Waals surface area contributed by atoms with Crippen molar-refractivity contribution in [1.82, 2.24) is 15.4 Å². The number of aliphatic hydroxyl groups is 3.